The largest absolute Gasteiger partial charge is 0.243 e. The first-order chi connectivity index (χ1) is 15.2. The Morgan fingerprint density at radius 1 is 0.844 bits per heavy atom. The molecule has 3 nitrogen and oxygen atoms in total. The van der Waals surface area contributed by atoms with Crippen molar-refractivity contribution in [3.05, 3.63) is 90.5 Å². The summed E-state index contributed by atoms with van der Waals surface area (Å²) in [6.45, 7) is 9.56. The minimum Gasteiger partial charge on any atom is -0.207 e. The molecule has 1 saturated heterocycles. The molecule has 0 aliphatic carbocycles. The number of rotatable bonds is 6. The fourth-order valence-corrected chi connectivity index (χ4v) is 12.8. The van der Waals surface area contributed by atoms with Crippen molar-refractivity contribution >= 4 is 28.5 Å². The predicted molar refractivity (Wildman–Crippen MR) is 136 cm³/mol. The summed E-state index contributed by atoms with van der Waals surface area (Å²) in [6, 6.07) is 29.7. The maximum absolute atomic E-state index is 13.5. The van der Waals surface area contributed by atoms with Crippen LogP contribution in [-0.2, 0) is 10.0 Å². The summed E-state index contributed by atoms with van der Waals surface area (Å²) in [7, 11) is -5.81. The van der Waals surface area contributed by atoms with Gasteiger partial charge in [0.15, 0.2) is 0 Å². The molecule has 0 saturated carbocycles. The van der Waals surface area contributed by atoms with Gasteiger partial charge >= 0.3 is 0 Å². The fraction of sp³-hybridized carbons (Fsp3) is 0.333. The van der Waals surface area contributed by atoms with Crippen molar-refractivity contribution in [1.29, 1.82) is 0 Å². The van der Waals surface area contributed by atoms with Gasteiger partial charge in [-0.05, 0) is 36.6 Å². The van der Waals surface area contributed by atoms with Gasteiger partial charge in [-0.25, -0.2) is 8.42 Å². The highest BCUT2D eigenvalue weighted by Gasteiger charge is 2.52. The summed E-state index contributed by atoms with van der Waals surface area (Å²) in [4.78, 5) is 0.398. The molecule has 3 aromatic carbocycles. The molecule has 1 heterocycles. The van der Waals surface area contributed by atoms with E-state index in [1.807, 2.05) is 19.1 Å². The molecule has 5 heteroatoms. The second-order valence-electron chi connectivity index (χ2n) is 9.96. The van der Waals surface area contributed by atoms with Gasteiger partial charge in [-0.3, -0.25) is 0 Å². The Balaban J connectivity index is 1.78. The zero-order chi connectivity index (χ0) is 23.0. The molecule has 0 amide bonds. The van der Waals surface area contributed by atoms with E-state index in [2.05, 4.69) is 81.4 Å². The zero-order valence-electron chi connectivity index (χ0n) is 19.5. The van der Waals surface area contributed by atoms with Crippen LogP contribution in [0.25, 0.3) is 0 Å². The summed E-state index contributed by atoms with van der Waals surface area (Å²) >= 11 is 0. The SMILES string of the molecule is Cc1ccc(S(=O)(=O)N2CCC2C[Si](c2ccccc2)(c2ccccc2)C(C)(C)C)cc1. The molecule has 32 heavy (non-hydrogen) atoms. The average molecular weight is 464 g/mol. The minimum absolute atomic E-state index is 0.0184. The van der Waals surface area contributed by atoms with E-state index in [0.717, 1.165) is 18.0 Å². The molecule has 0 bridgehead atoms. The Morgan fingerprint density at radius 2 is 1.34 bits per heavy atom. The van der Waals surface area contributed by atoms with E-state index in [4.69, 9.17) is 0 Å². The molecule has 3 aromatic rings. The third kappa shape index (κ3) is 3.98. The van der Waals surface area contributed by atoms with Gasteiger partial charge in [0, 0.05) is 12.6 Å². The molecule has 1 fully saturated rings. The lowest BCUT2D eigenvalue weighted by atomic mass is 10.1. The van der Waals surface area contributed by atoms with Crippen molar-refractivity contribution in [1.82, 2.24) is 4.31 Å². The lowest BCUT2D eigenvalue weighted by Crippen LogP contribution is -2.68. The first kappa shape index (κ1) is 23.0. The summed E-state index contributed by atoms with van der Waals surface area (Å²) in [5, 5.41) is 2.77. The van der Waals surface area contributed by atoms with Gasteiger partial charge < -0.3 is 0 Å². The maximum Gasteiger partial charge on any atom is 0.243 e. The standard InChI is InChI=1S/C27H33NO2SSi/c1-22-15-17-24(18-16-22)31(29,30)28-20-19-23(28)21-32(27(2,3)4,25-11-7-5-8-12-25)26-13-9-6-10-14-26/h5-18,23H,19-21H2,1-4H3. The molecule has 0 spiro atoms. The molecule has 1 unspecified atom stereocenters. The van der Waals surface area contributed by atoms with Crippen LogP contribution in [0.3, 0.4) is 0 Å². The van der Waals surface area contributed by atoms with E-state index in [1.165, 1.54) is 10.4 Å². The highest BCUT2D eigenvalue weighted by molar-refractivity contribution is 7.89. The van der Waals surface area contributed by atoms with Gasteiger partial charge in [-0.1, -0.05) is 110 Å². The van der Waals surface area contributed by atoms with Crippen molar-refractivity contribution in [2.24, 2.45) is 0 Å². The lowest BCUT2D eigenvalue weighted by molar-refractivity contribution is 0.215. The average Bonchev–Trinajstić information content (AvgIpc) is 2.74. The summed E-state index contributed by atoms with van der Waals surface area (Å²) in [5.41, 5.74) is 1.07. The van der Waals surface area contributed by atoms with Gasteiger partial charge in [0.25, 0.3) is 0 Å². The first-order valence-electron chi connectivity index (χ1n) is 11.4. The Labute approximate surface area is 194 Å². The van der Waals surface area contributed by atoms with Gasteiger partial charge in [0.1, 0.15) is 8.07 Å². The van der Waals surface area contributed by atoms with Crippen LogP contribution < -0.4 is 10.4 Å². The molecule has 0 N–H and O–H groups in total. The first-order valence-corrected chi connectivity index (χ1v) is 15.0. The van der Waals surface area contributed by atoms with Gasteiger partial charge in [-0.2, -0.15) is 4.31 Å². The monoisotopic (exact) mass is 463 g/mol. The zero-order valence-corrected chi connectivity index (χ0v) is 21.3. The fourth-order valence-electron chi connectivity index (χ4n) is 5.16. The van der Waals surface area contributed by atoms with E-state index in [9.17, 15) is 8.42 Å². The molecule has 4 rings (SSSR count). The Bertz CT molecular complexity index is 1110. The summed E-state index contributed by atoms with van der Waals surface area (Å²) in [6.07, 6.45) is 0.912. The number of sulfonamides is 1. The Hall–Kier alpha value is -2.21. The third-order valence-corrected chi connectivity index (χ3v) is 15.3. The van der Waals surface area contributed by atoms with Gasteiger partial charge in [0.2, 0.25) is 10.0 Å². The van der Waals surface area contributed by atoms with Crippen LogP contribution in [0.1, 0.15) is 32.8 Å². The summed E-state index contributed by atoms with van der Waals surface area (Å²) < 4.78 is 28.7. The van der Waals surface area contributed by atoms with Gasteiger partial charge in [-0.15, -0.1) is 0 Å². The minimum atomic E-state index is -3.49. The highest BCUT2D eigenvalue weighted by atomic mass is 32.2. The van der Waals surface area contributed by atoms with Crippen molar-refractivity contribution in [2.45, 2.75) is 56.1 Å². The van der Waals surface area contributed by atoms with Crippen LogP contribution in [0.4, 0.5) is 0 Å². The highest BCUT2D eigenvalue weighted by Crippen LogP contribution is 2.43. The number of benzene rings is 3. The maximum atomic E-state index is 13.5. The predicted octanol–water partition coefficient (Wildman–Crippen LogP) is 4.82. The third-order valence-electron chi connectivity index (χ3n) is 7.07. The van der Waals surface area contributed by atoms with Crippen LogP contribution in [0.15, 0.2) is 89.8 Å². The van der Waals surface area contributed by atoms with Crippen molar-refractivity contribution in [3.63, 3.8) is 0 Å². The quantitative estimate of drug-likeness (QED) is 0.492. The van der Waals surface area contributed by atoms with Crippen LogP contribution in [0.2, 0.25) is 11.1 Å². The molecule has 1 aliphatic rings. The van der Waals surface area contributed by atoms with E-state index < -0.39 is 18.1 Å². The number of hydrogen-bond acceptors (Lipinski definition) is 2. The van der Waals surface area contributed by atoms with Crippen molar-refractivity contribution < 1.29 is 8.42 Å². The smallest absolute Gasteiger partial charge is 0.207 e. The lowest BCUT2D eigenvalue weighted by Gasteiger charge is -2.50. The van der Waals surface area contributed by atoms with E-state index in [1.54, 1.807) is 16.4 Å². The van der Waals surface area contributed by atoms with E-state index in [0.29, 0.717) is 11.4 Å². The van der Waals surface area contributed by atoms with E-state index >= 15 is 0 Å². The molecule has 0 radical (unpaired) electrons. The van der Waals surface area contributed by atoms with E-state index in [-0.39, 0.29) is 11.1 Å². The molecular formula is C27H33NO2SSi. The Kier molecular flexibility index (Phi) is 6.18. The molecule has 1 atom stereocenters. The molecule has 0 aromatic heterocycles. The topological polar surface area (TPSA) is 37.4 Å². The van der Waals surface area contributed by atoms with Crippen LogP contribution in [0, 0.1) is 6.92 Å². The van der Waals surface area contributed by atoms with Gasteiger partial charge in [0.05, 0.1) is 4.90 Å². The second kappa shape index (κ2) is 8.62. The molecular weight excluding hydrogens is 430 g/mol. The number of hydrogen-bond donors (Lipinski definition) is 0. The molecule has 168 valence electrons. The Morgan fingerprint density at radius 3 is 1.75 bits per heavy atom. The summed E-state index contributed by atoms with van der Waals surface area (Å²) in [5.74, 6) is 0. The van der Waals surface area contributed by atoms with Crippen LogP contribution in [0.5, 0.6) is 0 Å². The molecule has 1 aliphatic heterocycles. The van der Waals surface area contributed by atoms with Crippen molar-refractivity contribution in [2.75, 3.05) is 6.54 Å². The van der Waals surface area contributed by atoms with Crippen molar-refractivity contribution in [3.8, 4) is 0 Å². The van der Waals surface area contributed by atoms with Crippen LogP contribution in [-0.4, -0.2) is 33.4 Å². The number of aryl methyl sites for hydroxylation is 1. The normalized spacial score (nSPS) is 17.7. The van der Waals surface area contributed by atoms with Crippen LogP contribution >= 0.6 is 0 Å². The number of nitrogens with zero attached hydrogens (tertiary/aromatic N) is 1. The second-order valence-corrected chi connectivity index (χ2v) is 16.7.